The van der Waals surface area contributed by atoms with E-state index in [1.165, 1.54) is 5.56 Å². The number of rotatable bonds is 8. The van der Waals surface area contributed by atoms with Crippen LogP contribution in [0, 0.1) is 5.41 Å². The van der Waals surface area contributed by atoms with Gasteiger partial charge in [-0.2, -0.15) is 0 Å². The van der Waals surface area contributed by atoms with E-state index in [-0.39, 0.29) is 11.8 Å². The van der Waals surface area contributed by atoms with Gasteiger partial charge in [-0.3, -0.25) is 14.6 Å². The summed E-state index contributed by atoms with van der Waals surface area (Å²) in [7, 11) is 0. The number of benzene rings is 1. The van der Waals surface area contributed by atoms with E-state index in [0.29, 0.717) is 25.9 Å². The van der Waals surface area contributed by atoms with E-state index < -0.39 is 5.41 Å². The van der Waals surface area contributed by atoms with Crippen molar-refractivity contribution in [3.8, 4) is 0 Å². The molecule has 0 spiro atoms. The predicted octanol–water partition coefficient (Wildman–Crippen LogP) is 2.23. The molecule has 0 aliphatic heterocycles. The first kappa shape index (κ1) is 17.1. The van der Waals surface area contributed by atoms with Crippen LogP contribution in [0.25, 0.3) is 0 Å². The van der Waals surface area contributed by atoms with Gasteiger partial charge in [0, 0.05) is 25.5 Å². The highest BCUT2D eigenvalue weighted by Gasteiger charge is 2.56. The Bertz CT molecular complexity index is 712. The van der Waals surface area contributed by atoms with E-state index in [9.17, 15) is 9.59 Å². The van der Waals surface area contributed by atoms with Crippen LogP contribution in [0.15, 0.2) is 54.9 Å². The molecule has 2 aromatic rings. The fourth-order valence-corrected chi connectivity index (χ4v) is 2.84. The first-order valence-electron chi connectivity index (χ1n) is 8.70. The number of nitrogens with zero attached hydrogens (tertiary/aromatic N) is 1. The van der Waals surface area contributed by atoms with Crippen molar-refractivity contribution in [2.45, 2.75) is 32.2 Å². The molecule has 1 aliphatic carbocycles. The maximum Gasteiger partial charge on any atom is 0.235 e. The van der Waals surface area contributed by atoms with Crippen LogP contribution in [-0.2, 0) is 22.6 Å². The van der Waals surface area contributed by atoms with Crippen LogP contribution >= 0.6 is 0 Å². The summed E-state index contributed by atoms with van der Waals surface area (Å²) in [6, 6.07) is 13.9. The van der Waals surface area contributed by atoms with Crippen molar-refractivity contribution in [2.75, 3.05) is 6.54 Å². The van der Waals surface area contributed by atoms with Gasteiger partial charge < -0.3 is 10.6 Å². The molecule has 25 heavy (non-hydrogen) atoms. The number of aryl methyl sites for hydroxylation is 1. The van der Waals surface area contributed by atoms with Crippen LogP contribution in [0.3, 0.4) is 0 Å². The van der Waals surface area contributed by atoms with Gasteiger partial charge in [-0.15, -0.1) is 0 Å². The van der Waals surface area contributed by atoms with Gasteiger partial charge in [-0.1, -0.05) is 36.4 Å². The molecule has 5 heteroatoms. The quantitative estimate of drug-likeness (QED) is 0.573. The fourth-order valence-electron chi connectivity index (χ4n) is 2.84. The molecule has 0 atom stereocenters. The molecule has 1 aromatic carbocycles. The minimum absolute atomic E-state index is 0.149. The molecule has 1 saturated carbocycles. The molecule has 0 radical (unpaired) electrons. The SMILES string of the molecule is O=C(NCCCc1ccccc1)C1(C(=O)NCc2cccnc2)CC1. The van der Waals surface area contributed by atoms with Gasteiger partial charge in [0.25, 0.3) is 0 Å². The van der Waals surface area contributed by atoms with Gasteiger partial charge in [-0.25, -0.2) is 0 Å². The van der Waals surface area contributed by atoms with E-state index in [2.05, 4.69) is 27.8 Å². The summed E-state index contributed by atoms with van der Waals surface area (Å²) < 4.78 is 0. The number of pyridine rings is 1. The van der Waals surface area contributed by atoms with Crippen molar-refractivity contribution in [1.82, 2.24) is 15.6 Å². The highest BCUT2D eigenvalue weighted by Crippen LogP contribution is 2.46. The zero-order chi connectivity index (χ0) is 17.5. The Morgan fingerprint density at radius 1 is 0.960 bits per heavy atom. The summed E-state index contributed by atoms with van der Waals surface area (Å²) in [6.07, 6.45) is 6.43. The third-order valence-corrected chi connectivity index (χ3v) is 4.57. The molecule has 1 heterocycles. The molecule has 0 bridgehead atoms. The highest BCUT2D eigenvalue weighted by molar-refractivity contribution is 6.07. The molecular weight excluding hydrogens is 314 g/mol. The number of hydrogen-bond donors (Lipinski definition) is 2. The summed E-state index contributed by atoms with van der Waals surface area (Å²) in [4.78, 5) is 28.8. The average molecular weight is 337 g/mol. The van der Waals surface area contributed by atoms with Gasteiger partial charge in [0.2, 0.25) is 11.8 Å². The van der Waals surface area contributed by atoms with Gasteiger partial charge in [0.15, 0.2) is 0 Å². The van der Waals surface area contributed by atoms with E-state index in [4.69, 9.17) is 0 Å². The predicted molar refractivity (Wildman–Crippen MR) is 95.5 cm³/mol. The summed E-state index contributed by atoms with van der Waals surface area (Å²) in [5.74, 6) is -0.332. The molecule has 1 aliphatic rings. The minimum Gasteiger partial charge on any atom is -0.355 e. The molecule has 0 saturated heterocycles. The van der Waals surface area contributed by atoms with Crippen LogP contribution in [0.4, 0.5) is 0 Å². The monoisotopic (exact) mass is 337 g/mol. The molecule has 2 N–H and O–H groups in total. The van der Waals surface area contributed by atoms with Gasteiger partial charge in [0.1, 0.15) is 5.41 Å². The van der Waals surface area contributed by atoms with Crippen LogP contribution in [0.2, 0.25) is 0 Å². The number of nitrogens with one attached hydrogen (secondary N) is 2. The largest absolute Gasteiger partial charge is 0.355 e. The van der Waals surface area contributed by atoms with E-state index in [1.807, 2.05) is 30.3 Å². The normalized spacial score (nSPS) is 14.6. The Morgan fingerprint density at radius 3 is 2.36 bits per heavy atom. The van der Waals surface area contributed by atoms with Crippen molar-refractivity contribution < 1.29 is 9.59 Å². The topological polar surface area (TPSA) is 71.1 Å². The van der Waals surface area contributed by atoms with Crippen LogP contribution in [-0.4, -0.2) is 23.3 Å². The Kier molecular flexibility index (Phi) is 5.43. The number of amides is 2. The second kappa shape index (κ2) is 7.92. The summed E-state index contributed by atoms with van der Waals surface area (Å²) in [6.45, 7) is 0.987. The molecule has 1 aromatic heterocycles. The van der Waals surface area contributed by atoms with Crippen molar-refractivity contribution in [3.05, 3.63) is 66.0 Å². The Hall–Kier alpha value is -2.69. The van der Waals surface area contributed by atoms with Crippen molar-refractivity contribution in [3.63, 3.8) is 0 Å². The first-order valence-corrected chi connectivity index (χ1v) is 8.70. The smallest absolute Gasteiger partial charge is 0.235 e. The van der Waals surface area contributed by atoms with Crippen molar-refractivity contribution in [2.24, 2.45) is 5.41 Å². The molecule has 3 rings (SSSR count). The molecule has 2 amide bonds. The third kappa shape index (κ3) is 4.44. The zero-order valence-corrected chi connectivity index (χ0v) is 14.2. The van der Waals surface area contributed by atoms with Gasteiger partial charge in [-0.05, 0) is 42.9 Å². The molecule has 1 fully saturated rings. The van der Waals surface area contributed by atoms with Crippen molar-refractivity contribution in [1.29, 1.82) is 0 Å². The van der Waals surface area contributed by atoms with E-state index >= 15 is 0 Å². The van der Waals surface area contributed by atoms with Crippen LogP contribution in [0.5, 0.6) is 0 Å². The maximum atomic E-state index is 12.4. The summed E-state index contributed by atoms with van der Waals surface area (Å²) >= 11 is 0. The van der Waals surface area contributed by atoms with E-state index in [0.717, 1.165) is 18.4 Å². The second-order valence-corrected chi connectivity index (χ2v) is 6.47. The van der Waals surface area contributed by atoms with Gasteiger partial charge >= 0.3 is 0 Å². The second-order valence-electron chi connectivity index (χ2n) is 6.47. The summed E-state index contributed by atoms with van der Waals surface area (Å²) in [5.41, 5.74) is 1.32. The zero-order valence-electron chi connectivity index (χ0n) is 14.2. The lowest BCUT2D eigenvalue weighted by Crippen LogP contribution is -2.43. The van der Waals surface area contributed by atoms with Crippen molar-refractivity contribution >= 4 is 11.8 Å². The number of aromatic nitrogens is 1. The molecular formula is C20H23N3O2. The number of carbonyl (C=O) groups is 2. The minimum atomic E-state index is -0.866. The average Bonchev–Trinajstić information content (AvgIpc) is 3.47. The fraction of sp³-hybridized carbons (Fsp3) is 0.350. The summed E-state index contributed by atoms with van der Waals surface area (Å²) in [5, 5.41) is 5.78. The standard InChI is InChI=1S/C20H23N3O2/c24-18(22-13-5-8-16-6-2-1-3-7-16)20(10-11-20)19(25)23-15-17-9-4-12-21-14-17/h1-4,6-7,9,12,14H,5,8,10-11,13,15H2,(H,22,24)(H,23,25). The number of carbonyl (C=O) groups excluding carboxylic acids is 2. The third-order valence-electron chi connectivity index (χ3n) is 4.57. The number of hydrogen-bond acceptors (Lipinski definition) is 3. The Labute approximate surface area is 147 Å². The molecule has 5 nitrogen and oxygen atoms in total. The van der Waals surface area contributed by atoms with Crippen LogP contribution in [0.1, 0.15) is 30.4 Å². The van der Waals surface area contributed by atoms with Gasteiger partial charge in [0.05, 0.1) is 0 Å². The molecule has 0 unspecified atom stereocenters. The lowest BCUT2D eigenvalue weighted by Gasteiger charge is -2.15. The lowest BCUT2D eigenvalue weighted by molar-refractivity contribution is -0.137. The Morgan fingerprint density at radius 2 is 1.68 bits per heavy atom. The maximum absolute atomic E-state index is 12.4. The first-order chi connectivity index (χ1) is 12.2. The molecule has 130 valence electrons. The van der Waals surface area contributed by atoms with E-state index in [1.54, 1.807) is 12.4 Å². The Balaban J connectivity index is 1.42. The highest BCUT2D eigenvalue weighted by atomic mass is 16.2. The van der Waals surface area contributed by atoms with Crippen LogP contribution < -0.4 is 10.6 Å². The lowest BCUT2D eigenvalue weighted by atomic mass is 10.0.